The summed E-state index contributed by atoms with van der Waals surface area (Å²) in [6.07, 6.45) is 42.3. The minimum Gasteiger partial charge on any atom is -0.466 e. The number of aliphatic hydroxyl groups excluding tert-OH is 1. The maximum atomic E-state index is 13.8. The van der Waals surface area contributed by atoms with Gasteiger partial charge in [0.05, 0.1) is 18.6 Å². The van der Waals surface area contributed by atoms with Crippen molar-refractivity contribution >= 4 is 11.9 Å². The Balaban J connectivity index is 2.28. The Labute approximate surface area is 336 Å². The van der Waals surface area contributed by atoms with Crippen molar-refractivity contribution in [2.75, 3.05) is 32.8 Å². The number of ether oxygens (including phenoxy) is 2. The molecule has 1 rings (SSSR count). The Kier molecular flexibility index (Phi) is 35.3. The smallest absolute Gasteiger partial charge is 0.312 e. The zero-order valence-corrected chi connectivity index (χ0v) is 36.6. The number of aliphatic hydroxyl groups is 1. The van der Waals surface area contributed by atoms with E-state index in [-0.39, 0.29) is 30.1 Å². The summed E-state index contributed by atoms with van der Waals surface area (Å²) in [4.78, 5) is 28.2. The molecule has 0 amide bonds. The molecule has 0 saturated heterocycles. The van der Waals surface area contributed by atoms with Crippen molar-refractivity contribution in [3.63, 3.8) is 0 Å². The van der Waals surface area contributed by atoms with Crippen LogP contribution in [0.2, 0.25) is 0 Å². The summed E-state index contributed by atoms with van der Waals surface area (Å²) in [7, 11) is 0. The van der Waals surface area contributed by atoms with Crippen LogP contribution in [-0.4, -0.2) is 60.9 Å². The minimum absolute atomic E-state index is 0.0231. The van der Waals surface area contributed by atoms with E-state index in [1.807, 2.05) is 0 Å². The molecule has 54 heavy (non-hydrogen) atoms. The minimum atomic E-state index is -0.238. The first-order valence-electron chi connectivity index (χ1n) is 24.2. The lowest BCUT2D eigenvalue weighted by molar-refractivity contribution is -0.163. The molecule has 0 radical (unpaired) electrons. The number of hydrogen-bond acceptors (Lipinski definition) is 6. The molecule has 0 heterocycles. The summed E-state index contributed by atoms with van der Waals surface area (Å²) < 4.78 is 11.9. The van der Waals surface area contributed by atoms with Crippen LogP contribution in [0.1, 0.15) is 252 Å². The van der Waals surface area contributed by atoms with Gasteiger partial charge >= 0.3 is 11.9 Å². The summed E-state index contributed by atoms with van der Waals surface area (Å²) in [6, 6.07) is 0. The van der Waals surface area contributed by atoms with E-state index < -0.39 is 0 Å². The number of carbonyl (C=O) groups is 2. The summed E-state index contributed by atoms with van der Waals surface area (Å²) in [5.41, 5.74) is -0.238. The second kappa shape index (κ2) is 37.4. The summed E-state index contributed by atoms with van der Waals surface area (Å²) >= 11 is 0. The fraction of sp³-hybridized carbons (Fsp3) is 0.958. The Morgan fingerprint density at radius 1 is 0.556 bits per heavy atom. The maximum Gasteiger partial charge on any atom is 0.312 e. The van der Waals surface area contributed by atoms with Gasteiger partial charge in [0.25, 0.3) is 0 Å². The van der Waals surface area contributed by atoms with Gasteiger partial charge in [-0.2, -0.15) is 0 Å². The van der Waals surface area contributed by atoms with Gasteiger partial charge in [-0.3, -0.25) is 9.59 Å². The quantitative estimate of drug-likeness (QED) is 0.0494. The Morgan fingerprint density at radius 3 is 1.52 bits per heavy atom. The first kappa shape index (κ1) is 50.9. The molecular weight excluding hydrogens is 671 g/mol. The van der Waals surface area contributed by atoms with E-state index in [4.69, 9.17) is 9.47 Å². The van der Waals surface area contributed by atoms with Crippen LogP contribution in [0.5, 0.6) is 0 Å². The summed E-state index contributed by atoms with van der Waals surface area (Å²) in [6.45, 7) is 10.4. The summed E-state index contributed by atoms with van der Waals surface area (Å²) in [5, 5.41) is 9.65. The molecule has 6 heteroatoms. The lowest BCUT2D eigenvalue weighted by Crippen LogP contribution is -2.33. The number of unbranched alkanes of at least 4 members (excludes halogenated alkanes) is 23. The maximum absolute atomic E-state index is 13.8. The van der Waals surface area contributed by atoms with E-state index in [0.29, 0.717) is 13.0 Å². The van der Waals surface area contributed by atoms with Crippen LogP contribution in [0.3, 0.4) is 0 Å². The molecule has 320 valence electrons. The van der Waals surface area contributed by atoms with Crippen molar-refractivity contribution in [3.8, 4) is 0 Å². The lowest BCUT2D eigenvalue weighted by Gasteiger charge is -2.30. The second-order valence-corrected chi connectivity index (χ2v) is 17.2. The largest absolute Gasteiger partial charge is 0.466 e. The Morgan fingerprint density at radius 2 is 1.00 bits per heavy atom. The van der Waals surface area contributed by atoms with Crippen LogP contribution in [0.4, 0.5) is 0 Å². The average molecular weight is 764 g/mol. The van der Waals surface area contributed by atoms with Crippen molar-refractivity contribution in [1.82, 2.24) is 4.90 Å². The number of carbonyl (C=O) groups excluding carboxylic acids is 2. The van der Waals surface area contributed by atoms with E-state index in [0.717, 1.165) is 110 Å². The van der Waals surface area contributed by atoms with E-state index in [1.165, 1.54) is 135 Å². The van der Waals surface area contributed by atoms with E-state index >= 15 is 0 Å². The molecule has 0 aromatic carbocycles. The first-order chi connectivity index (χ1) is 26.5. The molecule has 1 N–H and O–H groups in total. The fourth-order valence-corrected chi connectivity index (χ4v) is 8.53. The van der Waals surface area contributed by atoms with Gasteiger partial charge in [-0.1, -0.05) is 175 Å². The average Bonchev–Trinajstić information content (AvgIpc) is 3.66. The van der Waals surface area contributed by atoms with Crippen LogP contribution in [0.25, 0.3) is 0 Å². The first-order valence-corrected chi connectivity index (χ1v) is 24.2. The van der Waals surface area contributed by atoms with Crippen LogP contribution in [0.15, 0.2) is 0 Å². The normalized spacial score (nSPS) is 14.0. The van der Waals surface area contributed by atoms with E-state index in [2.05, 4.69) is 25.7 Å². The zero-order valence-electron chi connectivity index (χ0n) is 36.6. The van der Waals surface area contributed by atoms with Gasteiger partial charge in [-0.15, -0.1) is 0 Å². The highest BCUT2D eigenvalue weighted by Gasteiger charge is 2.42. The highest BCUT2D eigenvalue weighted by molar-refractivity contribution is 5.77. The molecule has 0 atom stereocenters. The zero-order chi connectivity index (χ0) is 39.2. The standard InChI is InChI=1S/C48H93NO5/c1-4-7-10-13-16-20-27-36-46(51)53-44-33-24-17-22-31-40-49(42-43-50)41-32-23-21-28-37-48(38-29-30-39-48)47(52)54-45(34-25-18-14-11-8-5-2)35-26-19-15-12-9-6-3/h45,50H,4-44H2,1-3H3. The topological polar surface area (TPSA) is 76.1 Å². The molecular formula is C48H93NO5. The molecule has 0 bridgehead atoms. The molecule has 6 nitrogen and oxygen atoms in total. The van der Waals surface area contributed by atoms with Crippen molar-refractivity contribution in [2.45, 2.75) is 258 Å². The number of nitrogens with zero attached hydrogens (tertiary/aromatic N) is 1. The van der Waals surface area contributed by atoms with Crippen LogP contribution < -0.4 is 0 Å². The molecule has 1 saturated carbocycles. The van der Waals surface area contributed by atoms with Gasteiger partial charge in [0.1, 0.15) is 6.10 Å². The van der Waals surface area contributed by atoms with Crippen molar-refractivity contribution < 1.29 is 24.2 Å². The van der Waals surface area contributed by atoms with E-state index in [1.54, 1.807) is 0 Å². The molecule has 1 aliphatic carbocycles. The third-order valence-electron chi connectivity index (χ3n) is 12.2. The molecule has 0 aromatic rings. The Hall–Kier alpha value is -1.14. The monoisotopic (exact) mass is 764 g/mol. The summed E-state index contributed by atoms with van der Waals surface area (Å²) in [5.74, 6) is 0.112. The third kappa shape index (κ3) is 28.3. The van der Waals surface area contributed by atoms with Crippen LogP contribution in [0, 0.1) is 5.41 Å². The van der Waals surface area contributed by atoms with Crippen LogP contribution in [-0.2, 0) is 19.1 Å². The third-order valence-corrected chi connectivity index (χ3v) is 12.2. The molecule has 1 fully saturated rings. The van der Waals surface area contributed by atoms with Gasteiger partial charge in [0.2, 0.25) is 0 Å². The predicted octanol–water partition coefficient (Wildman–Crippen LogP) is 13.8. The van der Waals surface area contributed by atoms with Gasteiger partial charge < -0.3 is 19.5 Å². The highest BCUT2D eigenvalue weighted by Crippen LogP contribution is 2.44. The van der Waals surface area contributed by atoms with Crippen molar-refractivity contribution in [1.29, 1.82) is 0 Å². The van der Waals surface area contributed by atoms with Gasteiger partial charge in [0, 0.05) is 13.0 Å². The highest BCUT2D eigenvalue weighted by atomic mass is 16.5. The predicted molar refractivity (Wildman–Crippen MR) is 230 cm³/mol. The van der Waals surface area contributed by atoms with Gasteiger partial charge in [0.15, 0.2) is 0 Å². The molecule has 0 unspecified atom stereocenters. The fourth-order valence-electron chi connectivity index (χ4n) is 8.53. The lowest BCUT2D eigenvalue weighted by atomic mass is 9.80. The van der Waals surface area contributed by atoms with Crippen molar-refractivity contribution in [2.24, 2.45) is 5.41 Å². The molecule has 1 aliphatic rings. The number of rotatable bonds is 41. The molecule has 0 spiro atoms. The SMILES string of the molecule is CCCCCCCCCC(=O)OCCCCCCCN(CCO)CCCCCCC1(C(=O)OC(CCCCCCCC)CCCCCCCC)CCCC1. The second-order valence-electron chi connectivity index (χ2n) is 17.2. The van der Waals surface area contributed by atoms with Crippen LogP contribution >= 0.6 is 0 Å². The number of esters is 2. The molecule has 0 aliphatic heterocycles. The van der Waals surface area contributed by atoms with Crippen molar-refractivity contribution in [3.05, 3.63) is 0 Å². The van der Waals surface area contributed by atoms with E-state index in [9.17, 15) is 14.7 Å². The van der Waals surface area contributed by atoms with Gasteiger partial charge in [-0.25, -0.2) is 0 Å². The van der Waals surface area contributed by atoms with Gasteiger partial charge in [-0.05, 0) is 83.7 Å². The molecule has 0 aromatic heterocycles. The Bertz CT molecular complexity index is 812. The number of hydrogen-bond donors (Lipinski definition) is 1.